The van der Waals surface area contributed by atoms with Gasteiger partial charge in [0, 0.05) is 61.8 Å². The van der Waals surface area contributed by atoms with Crippen LogP contribution < -0.4 is 15.0 Å². The molecule has 3 aromatic rings. The molecule has 3 heterocycles. The van der Waals surface area contributed by atoms with E-state index in [-0.39, 0.29) is 22.5 Å². The quantitative estimate of drug-likeness (QED) is 0.517. The van der Waals surface area contributed by atoms with Crippen molar-refractivity contribution in [2.24, 2.45) is 0 Å². The molecule has 1 N–H and O–H groups in total. The number of benzene rings is 2. The Morgan fingerprint density at radius 2 is 1.84 bits per heavy atom. The number of carbonyl (C=O) groups is 2. The molecule has 1 saturated heterocycles. The highest BCUT2D eigenvalue weighted by Crippen LogP contribution is 2.34. The number of aromatic nitrogens is 1. The van der Waals surface area contributed by atoms with Crippen LogP contribution in [0, 0.1) is 5.82 Å². The lowest BCUT2D eigenvalue weighted by atomic mass is 9.96. The number of piperidine rings is 1. The van der Waals surface area contributed by atoms with Gasteiger partial charge in [0.25, 0.3) is 11.8 Å². The first-order valence-electron chi connectivity index (χ1n) is 12.4. The van der Waals surface area contributed by atoms with Crippen LogP contribution in [0.3, 0.4) is 0 Å². The molecule has 2 aromatic carbocycles. The summed E-state index contributed by atoms with van der Waals surface area (Å²) in [7, 11) is 1.84. The Hall–Kier alpha value is -3.65. The second-order valence-corrected chi connectivity index (χ2v) is 9.79. The van der Waals surface area contributed by atoms with Crippen LogP contribution in [0.25, 0.3) is 0 Å². The highest BCUT2D eigenvalue weighted by Gasteiger charge is 2.29. The number of nitrogens with one attached hydrogen (secondary N) is 1. The van der Waals surface area contributed by atoms with Gasteiger partial charge in [-0.3, -0.25) is 14.6 Å². The van der Waals surface area contributed by atoms with Crippen LogP contribution in [-0.2, 0) is 0 Å². The molecular formula is C28H28ClFN4O3. The number of carbonyl (C=O) groups excluding carboxylic acids is 2. The lowest BCUT2D eigenvalue weighted by Crippen LogP contribution is -2.45. The zero-order valence-corrected chi connectivity index (χ0v) is 21.2. The largest absolute Gasteiger partial charge is 0.493 e. The molecule has 1 aromatic heterocycles. The average molecular weight is 523 g/mol. The summed E-state index contributed by atoms with van der Waals surface area (Å²) < 4.78 is 19.5. The van der Waals surface area contributed by atoms with E-state index in [0.717, 1.165) is 43.2 Å². The van der Waals surface area contributed by atoms with Gasteiger partial charge in [-0.1, -0.05) is 11.6 Å². The van der Waals surface area contributed by atoms with Gasteiger partial charge >= 0.3 is 0 Å². The van der Waals surface area contributed by atoms with E-state index in [1.54, 1.807) is 30.6 Å². The Kier molecular flexibility index (Phi) is 7.28. The number of ether oxygens (including phenoxy) is 1. The molecule has 0 bridgehead atoms. The van der Waals surface area contributed by atoms with Crippen molar-refractivity contribution in [1.29, 1.82) is 0 Å². The normalized spacial score (nSPS) is 17.5. The first-order chi connectivity index (χ1) is 17.9. The van der Waals surface area contributed by atoms with E-state index in [4.69, 9.17) is 16.3 Å². The predicted molar refractivity (Wildman–Crippen MR) is 140 cm³/mol. The number of hydrogen-bond acceptors (Lipinski definition) is 5. The summed E-state index contributed by atoms with van der Waals surface area (Å²) >= 11 is 6.12. The fraction of sp³-hybridized carbons (Fsp3) is 0.321. The van der Waals surface area contributed by atoms with E-state index >= 15 is 0 Å². The van der Waals surface area contributed by atoms with Gasteiger partial charge in [-0.15, -0.1) is 0 Å². The molecule has 37 heavy (non-hydrogen) atoms. The Morgan fingerprint density at radius 3 is 2.59 bits per heavy atom. The average Bonchev–Trinajstić information content (AvgIpc) is 2.94. The minimum Gasteiger partial charge on any atom is -0.493 e. The third kappa shape index (κ3) is 5.39. The number of rotatable bonds is 5. The van der Waals surface area contributed by atoms with Crippen molar-refractivity contribution in [1.82, 2.24) is 15.2 Å². The topological polar surface area (TPSA) is 74.8 Å². The highest BCUT2D eigenvalue weighted by atomic mass is 35.5. The van der Waals surface area contributed by atoms with Crippen molar-refractivity contribution in [3.05, 3.63) is 88.5 Å². The van der Waals surface area contributed by atoms with Gasteiger partial charge in [-0.05, 0) is 61.4 Å². The van der Waals surface area contributed by atoms with Gasteiger partial charge in [0.05, 0.1) is 23.2 Å². The molecule has 0 aliphatic carbocycles. The molecule has 7 nitrogen and oxygen atoms in total. The summed E-state index contributed by atoms with van der Waals surface area (Å²) in [6, 6.07) is 12.8. The van der Waals surface area contributed by atoms with Gasteiger partial charge < -0.3 is 19.9 Å². The number of pyridine rings is 1. The van der Waals surface area contributed by atoms with Gasteiger partial charge in [-0.2, -0.15) is 0 Å². The molecule has 5 rings (SSSR count). The van der Waals surface area contributed by atoms with E-state index in [2.05, 4.69) is 15.2 Å². The fourth-order valence-electron chi connectivity index (χ4n) is 5.02. The summed E-state index contributed by atoms with van der Waals surface area (Å²) in [6.45, 7) is 2.14. The standard InChI is InChI=1S/C28H28ClFN4O3/c1-33(20-8-13-34(14-9-20)21-6-11-31-12-7-21)28(36)18-2-5-26-23(16-18)25(10-15-37-26)32-27(35)22-17-19(30)3-4-24(22)29/h2-7,11-12,16-17,20,25H,8-10,13-15H2,1H3,(H,32,35). The summed E-state index contributed by atoms with van der Waals surface area (Å²) in [4.78, 5) is 34.5. The number of fused-ring (bicyclic) bond motifs is 1. The van der Waals surface area contributed by atoms with Crippen LogP contribution in [0.15, 0.2) is 60.9 Å². The van der Waals surface area contributed by atoms with Crippen LogP contribution >= 0.6 is 11.6 Å². The molecule has 1 unspecified atom stereocenters. The van der Waals surface area contributed by atoms with E-state index < -0.39 is 17.8 Å². The Balaban J connectivity index is 1.28. The minimum absolute atomic E-state index is 0.0692. The first kappa shape index (κ1) is 25.0. The van der Waals surface area contributed by atoms with Crippen LogP contribution in [0.4, 0.5) is 10.1 Å². The summed E-state index contributed by atoms with van der Waals surface area (Å²) in [5, 5.41) is 3.11. The van der Waals surface area contributed by atoms with Crippen molar-refractivity contribution in [2.45, 2.75) is 31.3 Å². The third-order valence-corrected chi connectivity index (χ3v) is 7.46. The Labute approximate surface area is 220 Å². The number of amides is 2. The molecule has 0 saturated carbocycles. The lowest BCUT2D eigenvalue weighted by Gasteiger charge is -2.38. The van der Waals surface area contributed by atoms with Crippen LogP contribution in [0.1, 0.15) is 51.6 Å². The number of anilines is 1. The maximum Gasteiger partial charge on any atom is 0.253 e. The molecule has 9 heteroatoms. The molecule has 0 radical (unpaired) electrons. The molecule has 1 atom stereocenters. The van der Waals surface area contributed by atoms with E-state index in [1.807, 2.05) is 24.1 Å². The maximum absolute atomic E-state index is 13.7. The zero-order valence-electron chi connectivity index (χ0n) is 20.5. The maximum atomic E-state index is 13.7. The molecule has 2 aliphatic heterocycles. The van der Waals surface area contributed by atoms with Gasteiger partial charge in [-0.25, -0.2) is 4.39 Å². The van der Waals surface area contributed by atoms with Crippen molar-refractivity contribution in [3.8, 4) is 5.75 Å². The zero-order chi connectivity index (χ0) is 25.9. The summed E-state index contributed by atoms with van der Waals surface area (Å²) in [5.74, 6) is -0.470. The van der Waals surface area contributed by atoms with Gasteiger partial charge in [0.15, 0.2) is 0 Å². The van der Waals surface area contributed by atoms with Crippen LogP contribution in [-0.4, -0.2) is 54.5 Å². The number of nitrogens with zero attached hydrogens (tertiary/aromatic N) is 3. The molecule has 1 fully saturated rings. The SMILES string of the molecule is CN(C(=O)c1ccc2c(c1)C(NC(=O)c1cc(F)ccc1Cl)CCO2)C1CCN(c2ccncc2)CC1. The van der Waals surface area contributed by atoms with Crippen LogP contribution in [0.5, 0.6) is 5.75 Å². The molecule has 2 aliphatic rings. The summed E-state index contributed by atoms with van der Waals surface area (Å²) in [5.41, 5.74) is 2.47. The Morgan fingerprint density at radius 1 is 1.08 bits per heavy atom. The number of hydrogen-bond donors (Lipinski definition) is 1. The molecule has 2 amide bonds. The highest BCUT2D eigenvalue weighted by molar-refractivity contribution is 6.33. The Bertz CT molecular complexity index is 1300. The van der Waals surface area contributed by atoms with E-state index in [0.29, 0.717) is 24.3 Å². The van der Waals surface area contributed by atoms with E-state index in [9.17, 15) is 14.0 Å². The van der Waals surface area contributed by atoms with Crippen LogP contribution in [0.2, 0.25) is 5.02 Å². The van der Waals surface area contributed by atoms with Crippen molar-refractivity contribution in [2.75, 3.05) is 31.6 Å². The van der Waals surface area contributed by atoms with Crippen molar-refractivity contribution < 1.29 is 18.7 Å². The minimum atomic E-state index is -0.538. The smallest absolute Gasteiger partial charge is 0.253 e. The first-order valence-corrected chi connectivity index (χ1v) is 12.7. The summed E-state index contributed by atoms with van der Waals surface area (Å²) in [6.07, 6.45) is 5.84. The fourth-order valence-corrected chi connectivity index (χ4v) is 5.22. The molecule has 192 valence electrons. The van der Waals surface area contributed by atoms with Crippen molar-refractivity contribution in [3.63, 3.8) is 0 Å². The third-order valence-electron chi connectivity index (χ3n) is 7.14. The monoisotopic (exact) mass is 522 g/mol. The second-order valence-electron chi connectivity index (χ2n) is 9.38. The number of halogens is 2. The molecular weight excluding hydrogens is 495 g/mol. The van der Waals surface area contributed by atoms with Crippen molar-refractivity contribution >= 4 is 29.1 Å². The van der Waals surface area contributed by atoms with Gasteiger partial charge in [0.2, 0.25) is 0 Å². The van der Waals surface area contributed by atoms with E-state index in [1.165, 1.54) is 12.1 Å². The predicted octanol–water partition coefficient (Wildman–Crippen LogP) is 4.87. The second kappa shape index (κ2) is 10.8. The van der Waals surface area contributed by atoms with Gasteiger partial charge in [0.1, 0.15) is 11.6 Å². The lowest BCUT2D eigenvalue weighted by molar-refractivity contribution is 0.0709. The molecule has 0 spiro atoms.